The highest BCUT2D eigenvalue weighted by molar-refractivity contribution is 9.10. The van der Waals surface area contributed by atoms with Gasteiger partial charge in [-0.05, 0) is 40.2 Å². The molecule has 0 saturated carbocycles. The molecule has 0 bridgehead atoms. The van der Waals surface area contributed by atoms with Crippen LogP contribution in [0.15, 0.2) is 22.7 Å². The van der Waals surface area contributed by atoms with E-state index >= 15 is 0 Å². The quantitative estimate of drug-likeness (QED) is 0.710. The summed E-state index contributed by atoms with van der Waals surface area (Å²) in [5.74, 6) is 0.393. The Morgan fingerprint density at radius 2 is 2.30 bits per heavy atom. The van der Waals surface area contributed by atoms with E-state index in [1.165, 1.54) is 0 Å². The van der Waals surface area contributed by atoms with Crippen LogP contribution in [-0.4, -0.2) is 25.6 Å². The van der Waals surface area contributed by atoms with Gasteiger partial charge < -0.3 is 15.4 Å². The Hall–Kier alpha value is -1.58. The number of hydrogen-bond donors (Lipinski definition) is 2. The van der Waals surface area contributed by atoms with Gasteiger partial charge in [-0.3, -0.25) is 4.79 Å². The van der Waals surface area contributed by atoms with E-state index in [-0.39, 0.29) is 12.5 Å². The number of nitrogens with one attached hydrogen (secondary N) is 2. The molecule has 1 amide bonds. The molecular formula is C14H18BrN3O2. The fourth-order valence-corrected chi connectivity index (χ4v) is 2.03. The van der Waals surface area contributed by atoms with Gasteiger partial charge in [0.2, 0.25) is 0 Å². The second-order valence-electron chi connectivity index (χ2n) is 4.09. The largest absolute Gasteiger partial charge is 0.483 e. The van der Waals surface area contributed by atoms with Crippen molar-refractivity contribution in [2.24, 2.45) is 0 Å². The first kappa shape index (κ1) is 16.5. The molecule has 6 heteroatoms. The monoisotopic (exact) mass is 339 g/mol. The minimum Gasteiger partial charge on any atom is -0.483 e. The molecule has 0 fully saturated rings. The molecule has 20 heavy (non-hydrogen) atoms. The minimum absolute atomic E-state index is 0.0589. The van der Waals surface area contributed by atoms with Crippen LogP contribution in [0.4, 0.5) is 0 Å². The van der Waals surface area contributed by atoms with E-state index in [0.717, 1.165) is 23.1 Å². The molecular weight excluding hydrogens is 322 g/mol. The predicted molar refractivity (Wildman–Crippen MR) is 80.3 cm³/mol. The summed E-state index contributed by atoms with van der Waals surface area (Å²) >= 11 is 3.43. The van der Waals surface area contributed by atoms with Gasteiger partial charge in [0.15, 0.2) is 6.61 Å². The highest BCUT2D eigenvalue weighted by Gasteiger charge is 2.06. The van der Waals surface area contributed by atoms with Crippen molar-refractivity contribution < 1.29 is 9.53 Å². The van der Waals surface area contributed by atoms with E-state index in [9.17, 15) is 4.79 Å². The molecule has 0 saturated heterocycles. The van der Waals surface area contributed by atoms with Gasteiger partial charge in [-0.15, -0.1) is 0 Å². The van der Waals surface area contributed by atoms with Crippen LogP contribution < -0.4 is 15.4 Å². The van der Waals surface area contributed by atoms with Gasteiger partial charge in [-0.1, -0.05) is 13.0 Å². The fourth-order valence-electron chi connectivity index (χ4n) is 1.49. The molecule has 0 aliphatic heterocycles. The number of benzene rings is 1. The Kier molecular flexibility index (Phi) is 7.70. The number of carbonyl (C=O) groups is 1. The topological polar surface area (TPSA) is 74.2 Å². The molecule has 108 valence electrons. The number of nitrogens with zero attached hydrogens (tertiary/aromatic N) is 1. The van der Waals surface area contributed by atoms with Gasteiger partial charge in [-0.25, -0.2) is 0 Å². The maximum atomic E-state index is 11.4. The summed E-state index contributed by atoms with van der Waals surface area (Å²) in [5, 5.41) is 14.2. The Labute approximate surface area is 127 Å². The van der Waals surface area contributed by atoms with Crippen molar-refractivity contribution in [2.75, 3.05) is 19.7 Å². The van der Waals surface area contributed by atoms with Crippen molar-refractivity contribution in [1.82, 2.24) is 10.6 Å². The summed E-state index contributed by atoms with van der Waals surface area (Å²) in [6.07, 6.45) is 0.300. The highest BCUT2D eigenvalue weighted by atomic mass is 79.9. The van der Waals surface area contributed by atoms with Gasteiger partial charge in [0, 0.05) is 13.1 Å². The first-order valence-corrected chi connectivity index (χ1v) is 7.22. The van der Waals surface area contributed by atoms with Crippen LogP contribution in [0.1, 0.15) is 18.9 Å². The van der Waals surface area contributed by atoms with Gasteiger partial charge in [0.1, 0.15) is 5.75 Å². The second kappa shape index (κ2) is 9.34. The summed E-state index contributed by atoms with van der Waals surface area (Å²) in [4.78, 5) is 11.4. The summed E-state index contributed by atoms with van der Waals surface area (Å²) < 4.78 is 6.24. The molecule has 0 radical (unpaired) electrons. The first-order valence-electron chi connectivity index (χ1n) is 6.43. The molecule has 0 atom stereocenters. The molecule has 1 aromatic rings. The molecule has 1 aromatic carbocycles. The fraction of sp³-hybridized carbons (Fsp3) is 0.429. The van der Waals surface area contributed by atoms with Crippen molar-refractivity contribution >= 4 is 21.8 Å². The zero-order chi connectivity index (χ0) is 14.8. The number of carbonyl (C=O) groups excluding carboxylic acids is 1. The van der Waals surface area contributed by atoms with Crippen molar-refractivity contribution in [2.45, 2.75) is 19.9 Å². The molecule has 0 heterocycles. The lowest BCUT2D eigenvalue weighted by Crippen LogP contribution is -2.29. The molecule has 0 aliphatic carbocycles. The maximum absolute atomic E-state index is 11.4. The van der Waals surface area contributed by atoms with Crippen LogP contribution in [-0.2, 0) is 11.3 Å². The highest BCUT2D eigenvalue weighted by Crippen LogP contribution is 2.25. The van der Waals surface area contributed by atoms with E-state index in [2.05, 4.69) is 33.5 Å². The SMILES string of the molecule is CCNCc1ccc(OCC(=O)NCCC#N)c(Br)c1. The van der Waals surface area contributed by atoms with Crippen LogP contribution in [0.2, 0.25) is 0 Å². The first-order chi connectivity index (χ1) is 9.67. The average molecular weight is 340 g/mol. The van der Waals surface area contributed by atoms with Crippen LogP contribution in [0.25, 0.3) is 0 Å². The standard InChI is InChI=1S/C14H18BrN3O2/c1-2-17-9-11-4-5-13(12(15)8-11)20-10-14(19)18-7-3-6-16/h4-5,8,17H,2-3,7,9-10H2,1H3,(H,18,19). The molecule has 2 N–H and O–H groups in total. The van der Waals surface area contributed by atoms with Crippen molar-refractivity contribution in [1.29, 1.82) is 5.26 Å². The Morgan fingerprint density at radius 1 is 1.50 bits per heavy atom. The Bertz CT molecular complexity index is 486. The summed E-state index contributed by atoms with van der Waals surface area (Å²) in [7, 11) is 0. The maximum Gasteiger partial charge on any atom is 0.257 e. The van der Waals surface area contributed by atoms with E-state index in [1.54, 1.807) is 0 Å². The summed E-state index contributed by atoms with van der Waals surface area (Å²) in [5.41, 5.74) is 1.14. The van der Waals surface area contributed by atoms with E-state index in [4.69, 9.17) is 10.00 Å². The zero-order valence-corrected chi connectivity index (χ0v) is 13.0. The van der Waals surface area contributed by atoms with Crippen LogP contribution in [0, 0.1) is 11.3 Å². The van der Waals surface area contributed by atoms with Crippen molar-refractivity contribution in [3.05, 3.63) is 28.2 Å². The predicted octanol–water partition coefficient (Wildman–Crippen LogP) is 1.97. The number of nitriles is 1. The lowest BCUT2D eigenvalue weighted by molar-refractivity contribution is -0.123. The average Bonchev–Trinajstić information content (AvgIpc) is 2.44. The lowest BCUT2D eigenvalue weighted by atomic mass is 10.2. The van der Waals surface area contributed by atoms with Gasteiger partial charge in [0.05, 0.1) is 17.0 Å². The molecule has 0 aromatic heterocycles. The lowest BCUT2D eigenvalue weighted by Gasteiger charge is -2.10. The van der Waals surface area contributed by atoms with E-state index in [0.29, 0.717) is 18.7 Å². The molecule has 0 aliphatic rings. The number of halogens is 1. The molecule has 1 rings (SSSR count). The van der Waals surface area contributed by atoms with Gasteiger partial charge in [-0.2, -0.15) is 5.26 Å². The van der Waals surface area contributed by atoms with Crippen molar-refractivity contribution in [3.63, 3.8) is 0 Å². The van der Waals surface area contributed by atoms with Gasteiger partial charge >= 0.3 is 0 Å². The number of hydrogen-bond acceptors (Lipinski definition) is 4. The summed E-state index contributed by atoms with van der Waals surface area (Å²) in [6, 6.07) is 7.71. The second-order valence-corrected chi connectivity index (χ2v) is 4.95. The van der Waals surface area contributed by atoms with E-state index < -0.39 is 0 Å². The molecule has 0 spiro atoms. The van der Waals surface area contributed by atoms with Crippen LogP contribution in [0.3, 0.4) is 0 Å². The third-order valence-corrected chi connectivity index (χ3v) is 3.11. The van der Waals surface area contributed by atoms with Crippen LogP contribution >= 0.6 is 15.9 Å². The van der Waals surface area contributed by atoms with Gasteiger partial charge in [0.25, 0.3) is 5.91 Å². The third-order valence-electron chi connectivity index (χ3n) is 2.49. The minimum atomic E-state index is -0.233. The number of rotatable bonds is 8. The smallest absolute Gasteiger partial charge is 0.257 e. The number of ether oxygens (including phenoxy) is 1. The Balaban J connectivity index is 2.44. The molecule has 5 nitrogen and oxygen atoms in total. The Morgan fingerprint density at radius 3 is 2.95 bits per heavy atom. The number of amides is 1. The molecule has 0 unspecified atom stereocenters. The van der Waals surface area contributed by atoms with Crippen LogP contribution in [0.5, 0.6) is 5.75 Å². The third kappa shape index (κ3) is 6.04. The van der Waals surface area contributed by atoms with Crippen molar-refractivity contribution in [3.8, 4) is 11.8 Å². The summed E-state index contributed by atoms with van der Waals surface area (Å²) in [6.45, 7) is 4.05. The van der Waals surface area contributed by atoms with E-state index in [1.807, 2.05) is 24.3 Å². The zero-order valence-electron chi connectivity index (χ0n) is 11.4. The normalized spacial score (nSPS) is 9.85.